The molecule has 108 valence electrons. The Morgan fingerprint density at radius 3 is 2.52 bits per heavy atom. The van der Waals surface area contributed by atoms with Gasteiger partial charge in [-0.05, 0) is 42.3 Å². The van der Waals surface area contributed by atoms with Crippen molar-refractivity contribution >= 4 is 11.1 Å². The fourth-order valence-corrected chi connectivity index (χ4v) is 2.61. The number of aryl methyl sites for hydroxylation is 1. The van der Waals surface area contributed by atoms with Crippen molar-refractivity contribution in [1.29, 1.82) is 0 Å². The van der Waals surface area contributed by atoms with Crippen LogP contribution in [0.25, 0.3) is 11.1 Å². The number of benzene rings is 2. The second-order valence-corrected chi connectivity index (χ2v) is 5.09. The first-order chi connectivity index (χ1) is 10.2. The third-order valence-electron chi connectivity index (χ3n) is 3.79. The van der Waals surface area contributed by atoms with E-state index in [4.69, 9.17) is 4.42 Å². The molecule has 0 aliphatic rings. The molecule has 0 aliphatic heterocycles. The van der Waals surface area contributed by atoms with Gasteiger partial charge in [0.15, 0.2) is 5.58 Å². The van der Waals surface area contributed by atoms with Crippen molar-refractivity contribution in [2.75, 3.05) is 7.05 Å². The highest BCUT2D eigenvalue weighted by molar-refractivity contribution is 5.73. The van der Waals surface area contributed by atoms with Crippen LogP contribution < -0.4 is 11.1 Å². The molecule has 0 aliphatic carbocycles. The molecular weight excluding hydrogens is 264 g/mol. The van der Waals surface area contributed by atoms with E-state index in [0.29, 0.717) is 5.58 Å². The molecule has 0 radical (unpaired) electrons. The molecule has 0 fully saturated rings. The molecule has 1 aromatic heterocycles. The SMILES string of the molecule is CCc1ccc(C(NC)c2ccc3[nH]c(=O)oc3c2)cc1. The summed E-state index contributed by atoms with van der Waals surface area (Å²) in [5.74, 6) is -0.421. The van der Waals surface area contributed by atoms with Gasteiger partial charge in [0, 0.05) is 0 Å². The predicted molar refractivity (Wildman–Crippen MR) is 83.6 cm³/mol. The van der Waals surface area contributed by atoms with Crippen molar-refractivity contribution in [2.45, 2.75) is 19.4 Å². The lowest BCUT2D eigenvalue weighted by atomic mass is 9.97. The average Bonchev–Trinajstić information content (AvgIpc) is 2.88. The molecule has 0 spiro atoms. The van der Waals surface area contributed by atoms with Crippen LogP contribution in [0.2, 0.25) is 0 Å². The molecule has 2 aromatic carbocycles. The highest BCUT2D eigenvalue weighted by Gasteiger charge is 2.13. The Bertz CT molecular complexity index is 800. The molecule has 0 saturated carbocycles. The summed E-state index contributed by atoms with van der Waals surface area (Å²) in [5.41, 5.74) is 4.88. The summed E-state index contributed by atoms with van der Waals surface area (Å²) in [7, 11) is 1.93. The number of aromatic amines is 1. The normalized spacial score (nSPS) is 12.7. The van der Waals surface area contributed by atoms with E-state index in [0.717, 1.165) is 17.5 Å². The highest BCUT2D eigenvalue weighted by atomic mass is 16.4. The minimum Gasteiger partial charge on any atom is -0.408 e. The first-order valence-corrected chi connectivity index (χ1v) is 7.10. The number of oxazole rings is 1. The molecule has 2 N–H and O–H groups in total. The van der Waals surface area contributed by atoms with Gasteiger partial charge in [-0.2, -0.15) is 0 Å². The van der Waals surface area contributed by atoms with Crippen LogP contribution in [0.5, 0.6) is 0 Å². The quantitative estimate of drug-likeness (QED) is 0.773. The molecule has 3 aromatic rings. The molecule has 1 unspecified atom stereocenters. The van der Waals surface area contributed by atoms with Gasteiger partial charge in [-0.3, -0.25) is 4.98 Å². The van der Waals surface area contributed by atoms with E-state index in [1.54, 1.807) is 0 Å². The van der Waals surface area contributed by atoms with Crippen LogP contribution in [0, 0.1) is 0 Å². The molecule has 3 rings (SSSR count). The largest absolute Gasteiger partial charge is 0.417 e. The minimum absolute atomic E-state index is 0.0699. The van der Waals surface area contributed by atoms with Gasteiger partial charge < -0.3 is 9.73 Å². The highest BCUT2D eigenvalue weighted by Crippen LogP contribution is 2.24. The number of fused-ring (bicyclic) bond motifs is 1. The Morgan fingerprint density at radius 2 is 1.86 bits per heavy atom. The van der Waals surface area contributed by atoms with Crippen LogP contribution in [0.1, 0.15) is 29.7 Å². The molecule has 1 heterocycles. The third kappa shape index (κ3) is 2.62. The van der Waals surface area contributed by atoms with Crippen molar-refractivity contribution in [1.82, 2.24) is 10.3 Å². The molecule has 4 nitrogen and oxygen atoms in total. The summed E-state index contributed by atoms with van der Waals surface area (Å²) in [5, 5.41) is 3.31. The zero-order chi connectivity index (χ0) is 14.8. The van der Waals surface area contributed by atoms with Gasteiger partial charge in [-0.15, -0.1) is 0 Å². The lowest BCUT2D eigenvalue weighted by Gasteiger charge is -2.17. The summed E-state index contributed by atoms with van der Waals surface area (Å²) in [6.45, 7) is 2.15. The minimum atomic E-state index is -0.421. The van der Waals surface area contributed by atoms with Gasteiger partial charge >= 0.3 is 5.76 Å². The van der Waals surface area contributed by atoms with Gasteiger partial charge in [0.25, 0.3) is 0 Å². The van der Waals surface area contributed by atoms with E-state index >= 15 is 0 Å². The zero-order valence-corrected chi connectivity index (χ0v) is 12.1. The average molecular weight is 282 g/mol. The molecule has 0 amide bonds. The number of hydrogen-bond acceptors (Lipinski definition) is 3. The number of nitrogens with one attached hydrogen (secondary N) is 2. The molecule has 4 heteroatoms. The van der Waals surface area contributed by atoms with Crippen LogP contribution in [0.3, 0.4) is 0 Å². The van der Waals surface area contributed by atoms with E-state index in [2.05, 4.69) is 41.5 Å². The van der Waals surface area contributed by atoms with E-state index in [-0.39, 0.29) is 6.04 Å². The Kier molecular flexibility index (Phi) is 3.62. The van der Waals surface area contributed by atoms with Gasteiger partial charge in [0.05, 0.1) is 11.6 Å². The van der Waals surface area contributed by atoms with Crippen molar-refractivity contribution < 1.29 is 4.42 Å². The summed E-state index contributed by atoms with van der Waals surface area (Å²) >= 11 is 0. The number of aromatic nitrogens is 1. The number of H-pyrrole nitrogens is 1. The van der Waals surface area contributed by atoms with Crippen molar-refractivity contribution in [3.8, 4) is 0 Å². The van der Waals surface area contributed by atoms with Crippen LogP contribution in [0.4, 0.5) is 0 Å². The fraction of sp³-hybridized carbons (Fsp3) is 0.235. The van der Waals surface area contributed by atoms with E-state index in [9.17, 15) is 4.79 Å². The van der Waals surface area contributed by atoms with Crippen LogP contribution >= 0.6 is 0 Å². The van der Waals surface area contributed by atoms with E-state index < -0.39 is 5.76 Å². The van der Waals surface area contributed by atoms with Crippen molar-refractivity contribution in [3.05, 3.63) is 69.7 Å². The van der Waals surface area contributed by atoms with Gasteiger partial charge in [0.1, 0.15) is 0 Å². The third-order valence-corrected chi connectivity index (χ3v) is 3.79. The zero-order valence-electron chi connectivity index (χ0n) is 12.1. The molecule has 21 heavy (non-hydrogen) atoms. The van der Waals surface area contributed by atoms with Crippen molar-refractivity contribution in [3.63, 3.8) is 0 Å². The van der Waals surface area contributed by atoms with E-state index in [1.165, 1.54) is 11.1 Å². The Hall–Kier alpha value is -2.33. The summed E-state index contributed by atoms with van der Waals surface area (Å²) in [6, 6.07) is 14.4. The maximum Gasteiger partial charge on any atom is 0.417 e. The summed E-state index contributed by atoms with van der Waals surface area (Å²) in [6.07, 6.45) is 1.03. The van der Waals surface area contributed by atoms with E-state index in [1.807, 2.05) is 25.2 Å². The monoisotopic (exact) mass is 282 g/mol. The van der Waals surface area contributed by atoms with Crippen LogP contribution in [-0.4, -0.2) is 12.0 Å². The first kappa shape index (κ1) is 13.6. The fourth-order valence-electron chi connectivity index (χ4n) is 2.61. The standard InChI is InChI=1S/C17H18N2O2/c1-3-11-4-6-12(7-5-11)16(18-2)13-8-9-14-15(10-13)21-17(20)19-14/h4-10,16,18H,3H2,1-2H3,(H,19,20). The molecular formula is C17H18N2O2. The number of rotatable bonds is 4. The van der Waals surface area contributed by atoms with Gasteiger partial charge in [0.2, 0.25) is 0 Å². The first-order valence-electron chi connectivity index (χ1n) is 7.10. The van der Waals surface area contributed by atoms with Crippen LogP contribution in [-0.2, 0) is 6.42 Å². The predicted octanol–water partition coefficient (Wildman–Crippen LogP) is 2.99. The van der Waals surface area contributed by atoms with Crippen LogP contribution in [0.15, 0.2) is 51.7 Å². The lowest BCUT2D eigenvalue weighted by Crippen LogP contribution is -2.17. The Balaban J connectivity index is 2.01. The van der Waals surface area contributed by atoms with Gasteiger partial charge in [-0.25, -0.2) is 4.79 Å². The maximum atomic E-state index is 11.2. The second-order valence-electron chi connectivity index (χ2n) is 5.09. The van der Waals surface area contributed by atoms with Crippen molar-refractivity contribution in [2.24, 2.45) is 0 Å². The number of hydrogen-bond donors (Lipinski definition) is 2. The Labute approximate surface area is 122 Å². The lowest BCUT2D eigenvalue weighted by molar-refractivity contribution is 0.554. The molecule has 1 atom stereocenters. The topological polar surface area (TPSA) is 58.0 Å². The summed E-state index contributed by atoms with van der Waals surface area (Å²) in [4.78, 5) is 13.9. The maximum absolute atomic E-state index is 11.2. The molecule has 0 bridgehead atoms. The van der Waals surface area contributed by atoms with Gasteiger partial charge in [-0.1, -0.05) is 37.3 Å². The smallest absolute Gasteiger partial charge is 0.408 e. The second kappa shape index (κ2) is 5.58. The summed E-state index contributed by atoms with van der Waals surface area (Å²) < 4.78 is 5.14. The Morgan fingerprint density at radius 1 is 1.14 bits per heavy atom. The molecule has 0 saturated heterocycles.